The zero-order valence-corrected chi connectivity index (χ0v) is 20.0. The van der Waals surface area contributed by atoms with E-state index in [1.807, 2.05) is 25.1 Å². The number of hydrogen-bond acceptors (Lipinski definition) is 6. The SMILES string of the molecule is COc1ccc(NC(=O)c2cccc(Nc3cc4c(cn3)N(C)C(=O)C(C)N4C(C)C)c2)cc1. The number of benzene rings is 2. The lowest BCUT2D eigenvalue weighted by atomic mass is 10.1. The van der Waals surface area contributed by atoms with Crippen molar-refractivity contribution in [3.8, 4) is 5.75 Å². The highest BCUT2D eigenvalue weighted by molar-refractivity contribution is 6.06. The molecule has 1 atom stereocenters. The summed E-state index contributed by atoms with van der Waals surface area (Å²) in [6.45, 7) is 6.05. The van der Waals surface area contributed by atoms with Crippen LogP contribution in [0.1, 0.15) is 31.1 Å². The Morgan fingerprint density at radius 3 is 2.47 bits per heavy atom. The average Bonchev–Trinajstić information content (AvgIpc) is 2.83. The molecule has 1 aliphatic heterocycles. The Balaban J connectivity index is 1.55. The largest absolute Gasteiger partial charge is 0.497 e. The molecule has 176 valence electrons. The predicted octanol–water partition coefficient (Wildman–Crippen LogP) is 4.67. The predicted molar refractivity (Wildman–Crippen MR) is 135 cm³/mol. The molecule has 8 nitrogen and oxygen atoms in total. The monoisotopic (exact) mass is 459 g/mol. The summed E-state index contributed by atoms with van der Waals surface area (Å²) in [6, 6.07) is 16.2. The van der Waals surface area contributed by atoms with E-state index in [1.54, 1.807) is 61.7 Å². The van der Waals surface area contributed by atoms with Crippen LogP contribution in [0, 0.1) is 0 Å². The lowest BCUT2D eigenvalue weighted by Crippen LogP contribution is -2.53. The minimum Gasteiger partial charge on any atom is -0.497 e. The molecule has 2 aromatic carbocycles. The van der Waals surface area contributed by atoms with Gasteiger partial charge in [-0.15, -0.1) is 0 Å². The van der Waals surface area contributed by atoms with Crippen molar-refractivity contribution in [2.24, 2.45) is 0 Å². The number of ether oxygens (including phenoxy) is 1. The number of carbonyl (C=O) groups excluding carboxylic acids is 2. The number of carbonyl (C=O) groups is 2. The minimum absolute atomic E-state index is 0.0410. The van der Waals surface area contributed by atoms with E-state index >= 15 is 0 Å². The number of nitrogens with one attached hydrogen (secondary N) is 2. The van der Waals surface area contributed by atoms with Gasteiger partial charge in [0.2, 0.25) is 5.91 Å². The molecule has 0 saturated heterocycles. The fourth-order valence-electron chi connectivity index (χ4n) is 4.19. The number of aromatic nitrogens is 1. The van der Waals surface area contributed by atoms with Gasteiger partial charge in [0.05, 0.1) is 24.7 Å². The fraction of sp³-hybridized carbons (Fsp3) is 0.269. The molecular weight excluding hydrogens is 430 g/mol. The van der Waals surface area contributed by atoms with Crippen molar-refractivity contribution in [2.75, 3.05) is 34.6 Å². The Labute approximate surface area is 199 Å². The standard InChI is InChI=1S/C26H29N5O3/c1-16(2)31-17(3)26(33)30(4)23-15-27-24(14-22(23)31)28-20-8-6-7-18(13-20)25(32)29-19-9-11-21(34-5)12-10-19/h6-17H,1-5H3,(H,27,28)(H,29,32). The van der Waals surface area contributed by atoms with E-state index in [0.717, 1.165) is 22.8 Å². The van der Waals surface area contributed by atoms with Crippen LogP contribution in [0.2, 0.25) is 0 Å². The van der Waals surface area contributed by atoms with Crippen LogP contribution in [-0.4, -0.2) is 43.0 Å². The maximum atomic E-state index is 12.8. The van der Waals surface area contributed by atoms with Crippen molar-refractivity contribution < 1.29 is 14.3 Å². The number of rotatable bonds is 6. The Bertz CT molecular complexity index is 1210. The van der Waals surface area contributed by atoms with Crippen molar-refractivity contribution in [1.82, 2.24) is 4.98 Å². The van der Waals surface area contributed by atoms with Gasteiger partial charge >= 0.3 is 0 Å². The summed E-state index contributed by atoms with van der Waals surface area (Å²) >= 11 is 0. The molecule has 3 aromatic rings. The van der Waals surface area contributed by atoms with Gasteiger partial charge in [-0.05, 0) is 63.2 Å². The number of pyridine rings is 1. The van der Waals surface area contributed by atoms with Crippen LogP contribution in [0.15, 0.2) is 60.8 Å². The molecule has 0 aliphatic carbocycles. The number of anilines is 5. The molecule has 0 radical (unpaired) electrons. The number of nitrogens with zero attached hydrogens (tertiary/aromatic N) is 3. The van der Waals surface area contributed by atoms with Gasteiger partial charge in [-0.1, -0.05) is 6.07 Å². The Morgan fingerprint density at radius 1 is 1.06 bits per heavy atom. The topological polar surface area (TPSA) is 86.8 Å². The van der Waals surface area contributed by atoms with Gasteiger partial charge in [-0.25, -0.2) is 4.98 Å². The third-order valence-electron chi connectivity index (χ3n) is 5.91. The molecule has 1 aliphatic rings. The molecule has 0 spiro atoms. The van der Waals surface area contributed by atoms with Crippen LogP contribution in [0.5, 0.6) is 5.75 Å². The second-order valence-electron chi connectivity index (χ2n) is 8.52. The number of fused-ring (bicyclic) bond motifs is 1. The molecule has 4 rings (SSSR count). The van der Waals surface area contributed by atoms with E-state index in [0.29, 0.717) is 17.1 Å². The van der Waals surface area contributed by atoms with E-state index in [4.69, 9.17) is 4.74 Å². The van der Waals surface area contributed by atoms with Crippen molar-refractivity contribution in [3.05, 3.63) is 66.4 Å². The summed E-state index contributed by atoms with van der Waals surface area (Å²) in [7, 11) is 3.37. The summed E-state index contributed by atoms with van der Waals surface area (Å²) in [5.74, 6) is 1.18. The van der Waals surface area contributed by atoms with Gasteiger partial charge in [0.15, 0.2) is 0 Å². The maximum absolute atomic E-state index is 12.8. The third kappa shape index (κ3) is 4.52. The summed E-state index contributed by atoms with van der Waals surface area (Å²) < 4.78 is 5.15. The minimum atomic E-state index is -0.266. The molecule has 2 heterocycles. The van der Waals surface area contributed by atoms with Crippen LogP contribution < -0.4 is 25.2 Å². The van der Waals surface area contributed by atoms with Crippen LogP contribution in [0.3, 0.4) is 0 Å². The second kappa shape index (κ2) is 9.43. The quantitative estimate of drug-likeness (QED) is 0.557. The van der Waals surface area contributed by atoms with Crippen LogP contribution in [-0.2, 0) is 4.79 Å². The third-order valence-corrected chi connectivity index (χ3v) is 5.91. The first kappa shape index (κ1) is 23.1. The first-order valence-corrected chi connectivity index (χ1v) is 11.2. The first-order valence-electron chi connectivity index (χ1n) is 11.2. The Morgan fingerprint density at radius 2 is 1.79 bits per heavy atom. The number of methoxy groups -OCH3 is 1. The van der Waals surface area contributed by atoms with Gasteiger partial charge in [-0.2, -0.15) is 0 Å². The van der Waals surface area contributed by atoms with E-state index in [1.165, 1.54) is 0 Å². The van der Waals surface area contributed by atoms with E-state index in [2.05, 4.69) is 34.4 Å². The normalized spacial score (nSPS) is 15.2. The Hall–Kier alpha value is -4.07. The fourth-order valence-corrected chi connectivity index (χ4v) is 4.19. The highest BCUT2D eigenvalue weighted by atomic mass is 16.5. The van der Waals surface area contributed by atoms with Gasteiger partial charge in [-0.3, -0.25) is 9.59 Å². The summed E-state index contributed by atoms with van der Waals surface area (Å²) in [6.07, 6.45) is 1.71. The van der Waals surface area contributed by atoms with Gasteiger partial charge < -0.3 is 25.2 Å². The molecule has 0 fully saturated rings. The van der Waals surface area contributed by atoms with E-state index < -0.39 is 0 Å². The molecule has 8 heteroatoms. The second-order valence-corrected chi connectivity index (χ2v) is 8.52. The van der Waals surface area contributed by atoms with Gasteiger partial charge in [0, 0.05) is 36.1 Å². The summed E-state index contributed by atoms with van der Waals surface area (Å²) in [5, 5.41) is 6.18. The van der Waals surface area contributed by atoms with Crippen LogP contribution >= 0.6 is 0 Å². The molecule has 2 N–H and O–H groups in total. The van der Waals surface area contributed by atoms with Crippen molar-refractivity contribution in [2.45, 2.75) is 32.9 Å². The number of amides is 2. The highest BCUT2D eigenvalue weighted by Gasteiger charge is 2.35. The number of hydrogen-bond donors (Lipinski definition) is 2. The van der Waals surface area contributed by atoms with Crippen LogP contribution in [0.25, 0.3) is 0 Å². The van der Waals surface area contributed by atoms with Crippen molar-refractivity contribution in [1.29, 1.82) is 0 Å². The molecule has 0 bridgehead atoms. The van der Waals surface area contributed by atoms with Crippen molar-refractivity contribution >= 4 is 40.4 Å². The lowest BCUT2D eigenvalue weighted by molar-refractivity contribution is -0.119. The Kier molecular flexibility index (Phi) is 6.40. The van der Waals surface area contributed by atoms with E-state index in [-0.39, 0.29) is 23.9 Å². The average molecular weight is 460 g/mol. The molecule has 2 amide bonds. The molecular formula is C26H29N5O3. The molecule has 1 unspecified atom stereocenters. The molecule has 1 aromatic heterocycles. The smallest absolute Gasteiger partial charge is 0.255 e. The van der Waals surface area contributed by atoms with Gasteiger partial charge in [0.25, 0.3) is 5.91 Å². The zero-order chi connectivity index (χ0) is 24.4. The van der Waals surface area contributed by atoms with E-state index in [9.17, 15) is 9.59 Å². The molecule has 34 heavy (non-hydrogen) atoms. The van der Waals surface area contributed by atoms with Crippen LogP contribution in [0.4, 0.5) is 28.6 Å². The number of likely N-dealkylation sites (N-methyl/N-ethyl adjacent to an activating group) is 1. The maximum Gasteiger partial charge on any atom is 0.255 e. The zero-order valence-electron chi connectivity index (χ0n) is 20.0. The highest BCUT2D eigenvalue weighted by Crippen LogP contribution is 2.38. The summed E-state index contributed by atoms with van der Waals surface area (Å²) in [4.78, 5) is 33.7. The lowest BCUT2D eigenvalue weighted by Gasteiger charge is -2.42. The van der Waals surface area contributed by atoms with Gasteiger partial charge in [0.1, 0.15) is 17.6 Å². The first-order chi connectivity index (χ1) is 16.3. The summed E-state index contributed by atoms with van der Waals surface area (Å²) in [5.41, 5.74) is 3.65. The molecule has 0 saturated carbocycles. The van der Waals surface area contributed by atoms with Crippen molar-refractivity contribution in [3.63, 3.8) is 0 Å².